The molecule has 180 valence electrons. The van der Waals surface area contributed by atoms with Gasteiger partial charge in [-0.2, -0.15) is 31.4 Å². The fraction of sp³-hybridized carbons (Fsp3) is 0.0909. The van der Waals surface area contributed by atoms with Gasteiger partial charge in [-0.15, -0.1) is 0 Å². The van der Waals surface area contributed by atoms with Crippen LogP contribution in [-0.4, -0.2) is 25.7 Å². The number of aromatic nitrogens is 4. The maximum absolute atomic E-state index is 13.3. The summed E-state index contributed by atoms with van der Waals surface area (Å²) in [6, 6.07) is 10.1. The van der Waals surface area contributed by atoms with Crippen LogP contribution in [0.1, 0.15) is 21.7 Å². The van der Waals surface area contributed by atoms with Gasteiger partial charge in [0.05, 0.1) is 10.6 Å². The van der Waals surface area contributed by atoms with E-state index in [1.165, 1.54) is 18.3 Å². The van der Waals surface area contributed by atoms with E-state index in [9.17, 15) is 31.1 Å². The van der Waals surface area contributed by atoms with Crippen LogP contribution in [0.3, 0.4) is 0 Å². The van der Waals surface area contributed by atoms with E-state index in [0.717, 1.165) is 35.3 Å². The van der Waals surface area contributed by atoms with Crippen molar-refractivity contribution in [1.82, 2.24) is 19.7 Å². The van der Waals surface area contributed by atoms with E-state index in [4.69, 9.17) is 11.6 Å². The molecule has 4 rings (SSSR count). The van der Waals surface area contributed by atoms with Gasteiger partial charge in [-0.25, -0.2) is 9.67 Å². The van der Waals surface area contributed by atoms with Gasteiger partial charge in [0.2, 0.25) is 0 Å². The highest BCUT2D eigenvalue weighted by atomic mass is 35.5. The molecule has 0 aliphatic heterocycles. The highest BCUT2D eigenvalue weighted by Gasteiger charge is 2.36. The van der Waals surface area contributed by atoms with Gasteiger partial charge in [0.1, 0.15) is 5.69 Å². The molecular formula is C22H12ClF6N5O. The molecule has 0 radical (unpaired) electrons. The molecule has 0 atom stereocenters. The second-order valence-electron chi connectivity index (χ2n) is 7.07. The number of anilines is 1. The van der Waals surface area contributed by atoms with Gasteiger partial charge in [-0.05, 0) is 30.3 Å². The van der Waals surface area contributed by atoms with Crippen molar-refractivity contribution in [2.75, 3.05) is 5.32 Å². The molecule has 0 saturated carbocycles. The number of hydrogen-bond acceptors (Lipinski definition) is 4. The summed E-state index contributed by atoms with van der Waals surface area (Å²) in [6.45, 7) is 0. The molecule has 3 heterocycles. The van der Waals surface area contributed by atoms with Gasteiger partial charge in [0.15, 0.2) is 11.5 Å². The quantitative estimate of drug-likeness (QED) is 0.328. The zero-order valence-electron chi connectivity index (χ0n) is 17.2. The summed E-state index contributed by atoms with van der Waals surface area (Å²) in [4.78, 5) is 20.3. The number of carbonyl (C=O) groups excluding carboxylic acids is 1. The Morgan fingerprint density at radius 1 is 0.943 bits per heavy atom. The SMILES string of the molecule is O=C(Nc1ccccc1-c1cnc(-n2ccc(C(F)(F)F)n2)c(Cl)c1)c1ncccc1C(F)(F)F. The first kappa shape index (κ1) is 24.2. The van der Waals surface area contributed by atoms with Crippen molar-refractivity contribution in [3.8, 4) is 16.9 Å². The number of halogens is 7. The van der Waals surface area contributed by atoms with Crippen molar-refractivity contribution in [3.63, 3.8) is 0 Å². The molecule has 4 aromatic rings. The second kappa shape index (κ2) is 9.02. The number of amides is 1. The largest absolute Gasteiger partial charge is 0.435 e. The zero-order valence-corrected chi connectivity index (χ0v) is 17.9. The highest BCUT2D eigenvalue weighted by molar-refractivity contribution is 6.32. The van der Waals surface area contributed by atoms with E-state index in [0.29, 0.717) is 11.1 Å². The van der Waals surface area contributed by atoms with Gasteiger partial charge in [0, 0.05) is 35.4 Å². The van der Waals surface area contributed by atoms with E-state index >= 15 is 0 Å². The number of pyridine rings is 2. The third-order valence-electron chi connectivity index (χ3n) is 4.73. The van der Waals surface area contributed by atoms with Gasteiger partial charge in [0.25, 0.3) is 5.91 Å². The van der Waals surface area contributed by atoms with E-state index in [1.54, 1.807) is 18.2 Å². The Labute approximate surface area is 198 Å². The fourth-order valence-electron chi connectivity index (χ4n) is 3.18. The molecule has 1 amide bonds. The molecule has 1 aromatic carbocycles. The molecule has 3 aromatic heterocycles. The van der Waals surface area contributed by atoms with Crippen LogP contribution in [0.25, 0.3) is 16.9 Å². The van der Waals surface area contributed by atoms with Crippen molar-refractivity contribution in [2.45, 2.75) is 12.4 Å². The molecule has 0 fully saturated rings. The summed E-state index contributed by atoms with van der Waals surface area (Å²) in [6.07, 6.45) is -6.03. The summed E-state index contributed by atoms with van der Waals surface area (Å²) in [5.74, 6) is -1.16. The van der Waals surface area contributed by atoms with Gasteiger partial charge in [-0.1, -0.05) is 29.8 Å². The summed E-state index contributed by atoms with van der Waals surface area (Å²) >= 11 is 6.24. The Morgan fingerprint density at radius 3 is 2.34 bits per heavy atom. The van der Waals surface area contributed by atoms with Crippen molar-refractivity contribution in [3.05, 3.63) is 89.1 Å². The van der Waals surface area contributed by atoms with E-state index in [1.807, 2.05) is 0 Å². The Hall–Kier alpha value is -3.93. The lowest BCUT2D eigenvalue weighted by atomic mass is 10.0. The van der Waals surface area contributed by atoms with Gasteiger partial charge >= 0.3 is 12.4 Å². The summed E-state index contributed by atoms with van der Waals surface area (Å²) in [5, 5.41) is 5.78. The van der Waals surface area contributed by atoms with Crippen LogP contribution in [0.4, 0.5) is 32.0 Å². The maximum Gasteiger partial charge on any atom is 0.435 e. The minimum Gasteiger partial charge on any atom is -0.320 e. The topological polar surface area (TPSA) is 72.7 Å². The van der Waals surface area contributed by atoms with Crippen molar-refractivity contribution >= 4 is 23.2 Å². The first-order chi connectivity index (χ1) is 16.4. The Morgan fingerprint density at radius 2 is 1.69 bits per heavy atom. The average Bonchev–Trinajstić information content (AvgIpc) is 3.29. The predicted molar refractivity (Wildman–Crippen MR) is 114 cm³/mol. The minimum atomic E-state index is -4.79. The van der Waals surface area contributed by atoms with Crippen LogP contribution in [0, 0.1) is 0 Å². The lowest BCUT2D eigenvalue weighted by Crippen LogP contribution is -2.20. The van der Waals surface area contributed by atoms with Crippen molar-refractivity contribution in [1.29, 1.82) is 0 Å². The summed E-state index contributed by atoms with van der Waals surface area (Å²) in [7, 11) is 0. The molecule has 0 bridgehead atoms. The van der Waals surface area contributed by atoms with Crippen molar-refractivity contribution in [2.24, 2.45) is 0 Å². The Bertz CT molecular complexity index is 1400. The number of para-hydroxylation sites is 1. The maximum atomic E-state index is 13.3. The van der Waals surface area contributed by atoms with Gasteiger partial charge in [-0.3, -0.25) is 9.78 Å². The van der Waals surface area contributed by atoms with Crippen LogP contribution in [-0.2, 0) is 12.4 Å². The fourth-order valence-corrected chi connectivity index (χ4v) is 3.43. The first-order valence-electron chi connectivity index (χ1n) is 9.67. The van der Waals surface area contributed by atoms with Crippen molar-refractivity contribution < 1.29 is 31.1 Å². The van der Waals surface area contributed by atoms with Crippen LogP contribution >= 0.6 is 11.6 Å². The number of nitrogens with one attached hydrogen (secondary N) is 1. The third-order valence-corrected chi connectivity index (χ3v) is 5.01. The molecule has 0 spiro atoms. The van der Waals surface area contributed by atoms with E-state index < -0.39 is 35.2 Å². The number of benzene rings is 1. The number of nitrogens with zero attached hydrogens (tertiary/aromatic N) is 4. The molecule has 1 N–H and O–H groups in total. The minimum absolute atomic E-state index is 0.0514. The lowest BCUT2D eigenvalue weighted by Gasteiger charge is -2.14. The van der Waals surface area contributed by atoms with Crippen LogP contribution < -0.4 is 5.32 Å². The molecule has 0 aliphatic rings. The first-order valence-corrected chi connectivity index (χ1v) is 10.0. The normalized spacial score (nSPS) is 12.0. The van der Waals surface area contributed by atoms with E-state index in [-0.39, 0.29) is 16.5 Å². The summed E-state index contributed by atoms with van der Waals surface area (Å²) in [5.41, 5.74) is -2.29. The smallest absolute Gasteiger partial charge is 0.320 e. The molecule has 0 unspecified atom stereocenters. The zero-order chi connectivity index (χ0) is 25.4. The van der Waals surface area contributed by atoms with Crippen LogP contribution in [0.15, 0.2) is 67.1 Å². The number of carbonyl (C=O) groups is 1. The average molecular weight is 512 g/mol. The van der Waals surface area contributed by atoms with Gasteiger partial charge < -0.3 is 5.32 Å². The number of alkyl halides is 6. The monoisotopic (exact) mass is 511 g/mol. The molecule has 6 nitrogen and oxygen atoms in total. The Kier molecular flexibility index (Phi) is 6.24. The summed E-state index contributed by atoms with van der Waals surface area (Å²) < 4.78 is 79.2. The molecule has 35 heavy (non-hydrogen) atoms. The van der Waals surface area contributed by atoms with E-state index in [2.05, 4.69) is 20.4 Å². The molecule has 0 aliphatic carbocycles. The Balaban J connectivity index is 1.66. The third kappa shape index (κ3) is 5.11. The standard InChI is InChI=1S/C22H12ClF6N5O/c23-15-10-12(11-31-19(15)34-9-7-17(33-34)22(27,28)29)13-4-1-2-6-16(13)32-20(35)18-14(21(24,25)26)5-3-8-30-18/h1-11H,(H,32,35). The lowest BCUT2D eigenvalue weighted by molar-refractivity contribution is -0.141. The highest BCUT2D eigenvalue weighted by Crippen LogP contribution is 2.34. The predicted octanol–water partition coefficient (Wildman–Crippen LogP) is 6.27. The number of hydrogen-bond donors (Lipinski definition) is 1. The molecule has 0 saturated heterocycles. The van der Waals surface area contributed by atoms with Crippen LogP contribution in [0.2, 0.25) is 5.02 Å². The van der Waals surface area contributed by atoms with Crippen LogP contribution in [0.5, 0.6) is 0 Å². The molecular weight excluding hydrogens is 500 g/mol. The molecule has 13 heteroatoms. The second-order valence-corrected chi connectivity index (χ2v) is 7.48. The number of rotatable bonds is 4.